The zero-order valence-electron chi connectivity index (χ0n) is 8.61. The van der Waals surface area contributed by atoms with E-state index >= 15 is 0 Å². The summed E-state index contributed by atoms with van der Waals surface area (Å²) in [5, 5.41) is 0. The summed E-state index contributed by atoms with van der Waals surface area (Å²) in [4.78, 5) is 10.6. The molecule has 0 heterocycles. The second-order valence-corrected chi connectivity index (χ2v) is 2.65. The molecule has 1 atom stereocenters. The van der Waals surface area contributed by atoms with E-state index in [4.69, 9.17) is 0 Å². The molecule has 68 valence electrons. The standard InChI is InChI=1S/C8H16O.C2H6/c1-4-5-6-7(2)8(3)9;1-2/h7H,4-6H2,1-3H3;1-2H3/t7-;/m0./s1. The summed E-state index contributed by atoms with van der Waals surface area (Å²) in [7, 11) is 0. The lowest BCUT2D eigenvalue weighted by Gasteiger charge is -2.03. The molecule has 0 bridgehead atoms. The highest BCUT2D eigenvalue weighted by Gasteiger charge is 2.04. The fraction of sp³-hybridized carbons (Fsp3) is 0.900. The van der Waals surface area contributed by atoms with Gasteiger partial charge in [0.05, 0.1) is 0 Å². The van der Waals surface area contributed by atoms with Gasteiger partial charge in [0, 0.05) is 5.92 Å². The lowest BCUT2D eigenvalue weighted by atomic mass is 10.0. The van der Waals surface area contributed by atoms with E-state index in [1.807, 2.05) is 20.8 Å². The maximum absolute atomic E-state index is 10.6. The minimum Gasteiger partial charge on any atom is -0.300 e. The summed E-state index contributed by atoms with van der Waals surface area (Å²) >= 11 is 0. The molecule has 0 aliphatic rings. The Balaban J connectivity index is 0. The number of rotatable bonds is 4. The van der Waals surface area contributed by atoms with Gasteiger partial charge in [-0.25, -0.2) is 0 Å². The van der Waals surface area contributed by atoms with Gasteiger partial charge in [-0.3, -0.25) is 4.79 Å². The van der Waals surface area contributed by atoms with Gasteiger partial charge in [-0.15, -0.1) is 0 Å². The molecule has 0 aliphatic heterocycles. The Labute approximate surface area is 71.2 Å². The van der Waals surface area contributed by atoms with Crippen LogP contribution in [0.3, 0.4) is 0 Å². The Hall–Kier alpha value is -0.330. The van der Waals surface area contributed by atoms with E-state index in [0.717, 1.165) is 6.42 Å². The van der Waals surface area contributed by atoms with Crippen molar-refractivity contribution in [1.82, 2.24) is 0 Å². The van der Waals surface area contributed by atoms with Gasteiger partial charge >= 0.3 is 0 Å². The van der Waals surface area contributed by atoms with E-state index in [2.05, 4.69) is 6.92 Å². The molecular formula is C10H22O. The smallest absolute Gasteiger partial charge is 0.132 e. The highest BCUT2D eigenvalue weighted by Crippen LogP contribution is 2.07. The van der Waals surface area contributed by atoms with Crippen molar-refractivity contribution < 1.29 is 4.79 Å². The zero-order valence-corrected chi connectivity index (χ0v) is 8.61. The summed E-state index contributed by atoms with van der Waals surface area (Å²) in [6.45, 7) is 9.81. The molecule has 0 spiro atoms. The van der Waals surface area contributed by atoms with Crippen LogP contribution in [-0.4, -0.2) is 5.78 Å². The van der Waals surface area contributed by atoms with E-state index in [9.17, 15) is 4.79 Å². The fourth-order valence-electron chi connectivity index (χ4n) is 0.714. The third-order valence-corrected chi connectivity index (χ3v) is 1.68. The van der Waals surface area contributed by atoms with Crippen molar-refractivity contribution in [1.29, 1.82) is 0 Å². The van der Waals surface area contributed by atoms with Gasteiger partial charge < -0.3 is 0 Å². The first-order valence-electron chi connectivity index (χ1n) is 4.69. The van der Waals surface area contributed by atoms with Crippen LogP contribution in [0.1, 0.15) is 53.9 Å². The molecule has 0 N–H and O–H groups in total. The second-order valence-electron chi connectivity index (χ2n) is 2.65. The van der Waals surface area contributed by atoms with Crippen LogP contribution in [0.15, 0.2) is 0 Å². The van der Waals surface area contributed by atoms with Gasteiger partial charge in [0.2, 0.25) is 0 Å². The van der Waals surface area contributed by atoms with Crippen molar-refractivity contribution in [2.24, 2.45) is 5.92 Å². The zero-order chi connectivity index (χ0) is 9.28. The van der Waals surface area contributed by atoms with Crippen LogP contribution in [0.25, 0.3) is 0 Å². The van der Waals surface area contributed by atoms with Crippen molar-refractivity contribution >= 4 is 5.78 Å². The fourth-order valence-corrected chi connectivity index (χ4v) is 0.714. The summed E-state index contributed by atoms with van der Waals surface area (Å²) in [6, 6.07) is 0. The highest BCUT2D eigenvalue weighted by molar-refractivity contribution is 5.77. The van der Waals surface area contributed by atoms with Crippen LogP contribution < -0.4 is 0 Å². The molecule has 0 aromatic rings. The monoisotopic (exact) mass is 158 g/mol. The van der Waals surface area contributed by atoms with Gasteiger partial charge in [-0.2, -0.15) is 0 Å². The van der Waals surface area contributed by atoms with Crippen molar-refractivity contribution in [2.45, 2.75) is 53.9 Å². The van der Waals surface area contributed by atoms with Gasteiger partial charge in [0.15, 0.2) is 0 Å². The quantitative estimate of drug-likeness (QED) is 0.612. The summed E-state index contributed by atoms with van der Waals surface area (Å²) in [5.74, 6) is 0.605. The van der Waals surface area contributed by atoms with Crippen molar-refractivity contribution in [2.75, 3.05) is 0 Å². The third kappa shape index (κ3) is 9.67. The minimum absolute atomic E-state index is 0.282. The summed E-state index contributed by atoms with van der Waals surface area (Å²) in [5.41, 5.74) is 0. The molecule has 0 aromatic carbocycles. The Morgan fingerprint density at radius 2 is 1.82 bits per heavy atom. The number of unbranched alkanes of at least 4 members (excludes halogenated alkanes) is 1. The Morgan fingerprint density at radius 3 is 2.09 bits per heavy atom. The third-order valence-electron chi connectivity index (χ3n) is 1.68. The molecule has 0 amide bonds. The Kier molecular flexibility index (Phi) is 11.7. The predicted octanol–water partition coefficient (Wildman–Crippen LogP) is 3.43. The van der Waals surface area contributed by atoms with Crippen LogP contribution in [0.2, 0.25) is 0 Å². The van der Waals surface area contributed by atoms with Gasteiger partial charge in [-0.05, 0) is 13.3 Å². The average Bonchev–Trinajstić information content (AvgIpc) is 2.03. The van der Waals surface area contributed by atoms with Crippen molar-refractivity contribution in [3.63, 3.8) is 0 Å². The molecule has 0 unspecified atom stereocenters. The molecule has 0 rings (SSSR count). The lowest BCUT2D eigenvalue weighted by molar-refractivity contribution is -0.120. The van der Waals surface area contributed by atoms with Crippen LogP contribution in [0.4, 0.5) is 0 Å². The maximum atomic E-state index is 10.6. The highest BCUT2D eigenvalue weighted by atomic mass is 16.1. The number of Topliss-reactive ketones (excluding diaryl/α,β-unsaturated/α-hetero) is 1. The van der Waals surface area contributed by atoms with E-state index in [1.165, 1.54) is 12.8 Å². The average molecular weight is 158 g/mol. The largest absolute Gasteiger partial charge is 0.300 e. The molecule has 0 radical (unpaired) electrons. The van der Waals surface area contributed by atoms with Gasteiger partial charge in [0.25, 0.3) is 0 Å². The second kappa shape index (κ2) is 9.67. The summed E-state index contributed by atoms with van der Waals surface area (Å²) < 4.78 is 0. The molecule has 0 fully saturated rings. The van der Waals surface area contributed by atoms with Crippen LogP contribution in [0, 0.1) is 5.92 Å². The lowest BCUT2D eigenvalue weighted by Crippen LogP contribution is -2.05. The Bertz CT molecular complexity index is 86.9. The number of ketones is 1. The van der Waals surface area contributed by atoms with Crippen molar-refractivity contribution in [3.8, 4) is 0 Å². The van der Waals surface area contributed by atoms with E-state index in [1.54, 1.807) is 6.92 Å². The summed E-state index contributed by atoms with van der Waals surface area (Å²) in [6.07, 6.45) is 3.43. The number of carbonyl (C=O) groups excluding carboxylic acids is 1. The molecule has 0 aliphatic carbocycles. The van der Waals surface area contributed by atoms with Crippen LogP contribution >= 0.6 is 0 Å². The van der Waals surface area contributed by atoms with Gasteiger partial charge in [-0.1, -0.05) is 40.5 Å². The number of carbonyl (C=O) groups is 1. The van der Waals surface area contributed by atoms with E-state index in [0.29, 0.717) is 5.78 Å². The number of hydrogen-bond acceptors (Lipinski definition) is 1. The molecule has 0 saturated carbocycles. The predicted molar refractivity (Wildman–Crippen MR) is 50.7 cm³/mol. The molecule has 11 heavy (non-hydrogen) atoms. The minimum atomic E-state index is 0.282. The van der Waals surface area contributed by atoms with Gasteiger partial charge in [0.1, 0.15) is 5.78 Å². The molecule has 0 saturated heterocycles. The molecule has 1 nitrogen and oxygen atoms in total. The normalized spacial score (nSPS) is 11.4. The van der Waals surface area contributed by atoms with Crippen LogP contribution in [0.5, 0.6) is 0 Å². The van der Waals surface area contributed by atoms with Crippen LogP contribution in [-0.2, 0) is 4.79 Å². The van der Waals surface area contributed by atoms with E-state index < -0.39 is 0 Å². The first-order valence-corrected chi connectivity index (χ1v) is 4.69. The van der Waals surface area contributed by atoms with Crippen molar-refractivity contribution in [3.05, 3.63) is 0 Å². The maximum Gasteiger partial charge on any atom is 0.132 e. The Morgan fingerprint density at radius 1 is 1.36 bits per heavy atom. The van der Waals surface area contributed by atoms with E-state index in [-0.39, 0.29) is 5.92 Å². The first-order chi connectivity index (χ1) is 5.18. The topological polar surface area (TPSA) is 17.1 Å². The molecular weight excluding hydrogens is 136 g/mol. The molecule has 0 aromatic heterocycles. The number of hydrogen-bond donors (Lipinski definition) is 0. The molecule has 1 heteroatoms. The first kappa shape index (κ1) is 13.3. The SMILES string of the molecule is CC.CCCC[C@H](C)C(C)=O.